The molecule has 0 aliphatic carbocycles. The van der Waals surface area contributed by atoms with E-state index in [1.807, 2.05) is 12.1 Å². The number of carbonyl (C=O) groups is 1. The van der Waals surface area contributed by atoms with Gasteiger partial charge in [0, 0.05) is 16.1 Å². The number of nitrogens with zero attached hydrogens (tertiary/aromatic N) is 2. The second-order valence-corrected chi connectivity index (χ2v) is 5.96. The molecule has 2 aromatic rings. The number of hydrogen-bond donors (Lipinski definition) is 0. The van der Waals surface area contributed by atoms with Crippen LogP contribution in [0.15, 0.2) is 75.8 Å². The Balaban J connectivity index is 1.84. The molecule has 1 aliphatic heterocycles. The van der Waals surface area contributed by atoms with Crippen molar-refractivity contribution in [2.24, 2.45) is 4.99 Å². The van der Waals surface area contributed by atoms with E-state index in [9.17, 15) is 14.9 Å². The standard InChI is InChI=1S/C18H11BrN2O4/c19-14-8-3-7-13(11-14)17-20-15(18(22)25-17)9-4-6-12-5-1-2-10-16(12)21(23)24/h1-11H/b6-4+,15-9-. The van der Waals surface area contributed by atoms with Crippen LogP contribution in [-0.4, -0.2) is 16.8 Å². The molecule has 25 heavy (non-hydrogen) atoms. The zero-order valence-electron chi connectivity index (χ0n) is 12.8. The fourth-order valence-corrected chi connectivity index (χ4v) is 2.61. The minimum absolute atomic E-state index is 0.00975. The van der Waals surface area contributed by atoms with Crippen LogP contribution in [0.5, 0.6) is 0 Å². The van der Waals surface area contributed by atoms with Crippen LogP contribution < -0.4 is 0 Å². The van der Waals surface area contributed by atoms with Crippen molar-refractivity contribution < 1.29 is 14.5 Å². The summed E-state index contributed by atoms with van der Waals surface area (Å²) in [5, 5.41) is 11.0. The van der Waals surface area contributed by atoms with Crippen molar-refractivity contribution >= 4 is 39.6 Å². The molecule has 0 fully saturated rings. The first kappa shape index (κ1) is 16.8. The third-order valence-electron chi connectivity index (χ3n) is 3.36. The molecule has 0 spiro atoms. The van der Waals surface area contributed by atoms with Crippen molar-refractivity contribution in [3.63, 3.8) is 0 Å². The molecule has 0 saturated heterocycles. The van der Waals surface area contributed by atoms with Crippen molar-refractivity contribution in [1.82, 2.24) is 0 Å². The number of benzene rings is 2. The van der Waals surface area contributed by atoms with Gasteiger partial charge in [0.1, 0.15) is 0 Å². The van der Waals surface area contributed by atoms with Gasteiger partial charge in [-0.1, -0.05) is 40.2 Å². The SMILES string of the molecule is O=C1OC(c2cccc(Br)c2)=N/C1=C\C=C\c1ccccc1[N+](=O)[O-]. The van der Waals surface area contributed by atoms with Crippen molar-refractivity contribution in [3.05, 3.63) is 92.1 Å². The lowest BCUT2D eigenvalue weighted by molar-refractivity contribution is -0.385. The van der Waals surface area contributed by atoms with Crippen LogP contribution in [0.25, 0.3) is 6.08 Å². The second kappa shape index (κ2) is 7.23. The Morgan fingerprint density at radius 1 is 1.16 bits per heavy atom. The minimum Gasteiger partial charge on any atom is -0.402 e. The quantitative estimate of drug-likeness (QED) is 0.333. The van der Waals surface area contributed by atoms with Gasteiger partial charge in [-0.25, -0.2) is 9.79 Å². The highest BCUT2D eigenvalue weighted by molar-refractivity contribution is 9.10. The van der Waals surface area contributed by atoms with E-state index < -0.39 is 10.9 Å². The lowest BCUT2D eigenvalue weighted by Crippen LogP contribution is -2.05. The Morgan fingerprint density at radius 3 is 2.72 bits per heavy atom. The van der Waals surface area contributed by atoms with Crippen LogP contribution in [0, 0.1) is 10.1 Å². The number of hydrogen-bond acceptors (Lipinski definition) is 5. The molecule has 0 atom stereocenters. The number of nitro benzene ring substituents is 1. The second-order valence-electron chi connectivity index (χ2n) is 5.04. The summed E-state index contributed by atoms with van der Waals surface area (Å²) in [7, 11) is 0. The Morgan fingerprint density at radius 2 is 1.96 bits per heavy atom. The van der Waals surface area contributed by atoms with Gasteiger partial charge in [-0.15, -0.1) is 0 Å². The summed E-state index contributed by atoms with van der Waals surface area (Å²) in [4.78, 5) is 26.6. The molecule has 1 aliphatic rings. The highest BCUT2D eigenvalue weighted by atomic mass is 79.9. The Labute approximate surface area is 151 Å². The number of carbonyl (C=O) groups excluding carboxylic acids is 1. The summed E-state index contributed by atoms with van der Waals surface area (Å²) in [5.41, 5.74) is 1.23. The van der Waals surface area contributed by atoms with Gasteiger partial charge in [0.2, 0.25) is 5.90 Å². The molecule has 0 bridgehead atoms. The third kappa shape index (κ3) is 3.89. The molecular weight excluding hydrogens is 388 g/mol. The topological polar surface area (TPSA) is 81.8 Å². The molecule has 0 aromatic heterocycles. The molecule has 2 aromatic carbocycles. The number of allylic oxidation sites excluding steroid dienone is 2. The van der Waals surface area contributed by atoms with Crippen LogP contribution in [0.4, 0.5) is 5.69 Å². The zero-order chi connectivity index (χ0) is 17.8. The van der Waals surface area contributed by atoms with Crippen molar-refractivity contribution in [2.45, 2.75) is 0 Å². The number of para-hydroxylation sites is 1. The number of cyclic esters (lactones) is 1. The van der Waals surface area contributed by atoms with Gasteiger partial charge in [0.05, 0.1) is 10.5 Å². The van der Waals surface area contributed by atoms with Crippen molar-refractivity contribution in [3.8, 4) is 0 Å². The molecule has 3 rings (SSSR count). The van der Waals surface area contributed by atoms with E-state index >= 15 is 0 Å². The summed E-state index contributed by atoms with van der Waals surface area (Å²) >= 11 is 3.35. The first-order valence-corrected chi connectivity index (χ1v) is 8.02. The molecule has 0 saturated carbocycles. The summed E-state index contributed by atoms with van der Waals surface area (Å²) in [5.74, 6) is -0.348. The molecule has 0 radical (unpaired) electrons. The van der Waals surface area contributed by atoms with E-state index in [2.05, 4.69) is 20.9 Å². The highest BCUT2D eigenvalue weighted by Gasteiger charge is 2.23. The Hall–Kier alpha value is -3.06. The fourth-order valence-electron chi connectivity index (χ4n) is 2.21. The monoisotopic (exact) mass is 398 g/mol. The van der Waals surface area contributed by atoms with Gasteiger partial charge in [-0.3, -0.25) is 10.1 Å². The van der Waals surface area contributed by atoms with Gasteiger partial charge in [0.15, 0.2) is 5.70 Å². The number of nitro groups is 1. The maximum atomic E-state index is 11.9. The third-order valence-corrected chi connectivity index (χ3v) is 3.85. The first-order chi connectivity index (χ1) is 12.0. The summed E-state index contributed by atoms with van der Waals surface area (Å²) < 4.78 is 6.00. The average molecular weight is 399 g/mol. The van der Waals surface area contributed by atoms with Crippen molar-refractivity contribution in [1.29, 1.82) is 0 Å². The number of ether oxygens (including phenoxy) is 1. The maximum Gasteiger partial charge on any atom is 0.363 e. The molecule has 6 nitrogen and oxygen atoms in total. The highest BCUT2D eigenvalue weighted by Crippen LogP contribution is 2.21. The zero-order valence-corrected chi connectivity index (χ0v) is 14.3. The van der Waals surface area contributed by atoms with Crippen LogP contribution in [-0.2, 0) is 9.53 Å². The normalized spacial score (nSPS) is 15.5. The van der Waals surface area contributed by atoms with Crippen LogP contribution in [0.1, 0.15) is 11.1 Å². The molecule has 0 N–H and O–H groups in total. The van der Waals surface area contributed by atoms with E-state index in [4.69, 9.17) is 4.74 Å². The van der Waals surface area contributed by atoms with E-state index in [1.165, 1.54) is 18.2 Å². The Bertz CT molecular complexity index is 948. The van der Waals surface area contributed by atoms with Gasteiger partial charge >= 0.3 is 5.97 Å². The summed E-state index contributed by atoms with van der Waals surface area (Å²) in [6.07, 6.45) is 4.54. The lowest BCUT2D eigenvalue weighted by atomic mass is 10.1. The van der Waals surface area contributed by atoms with E-state index in [0.29, 0.717) is 11.1 Å². The number of aliphatic imine (C=N–C) groups is 1. The lowest BCUT2D eigenvalue weighted by Gasteiger charge is -1.99. The van der Waals surface area contributed by atoms with E-state index in [1.54, 1.807) is 36.4 Å². The maximum absolute atomic E-state index is 11.9. The van der Waals surface area contributed by atoms with Gasteiger partial charge < -0.3 is 4.74 Å². The predicted molar refractivity (Wildman–Crippen MR) is 97.0 cm³/mol. The largest absolute Gasteiger partial charge is 0.402 e. The molecule has 0 amide bonds. The molecule has 0 unspecified atom stereocenters. The fraction of sp³-hybridized carbons (Fsp3) is 0. The summed E-state index contributed by atoms with van der Waals surface area (Å²) in [6, 6.07) is 13.6. The van der Waals surface area contributed by atoms with E-state index in [0.717, 1.165) is 4.47 Å². The van der Waals surface area contributed by atoms with Crippen LogP contribution >= 0.6 is 15.9 Å². The molecule has 124 valence electrons. The number of halogens is 1. The van der Waals surface area contributed by atoms with Crippen LogP contribution in [0.2, 0.25) is 0 Å². The van der Waals surface area contributed by atoms with Crippen molar-refractivity contribution in [2.75, 3.05) is 0 Å². The molecular formula is C18H11BrN2O4. The number of rotatable bonds is 4. The average Bonchev–Trinajstić information content (AvgIpc) is 2.96. The molecule has 1 heterocycles. The smallest absolute Gasteiger partial charge is 0.363 e. The first-order valence-electron chi connectivity index (χ1n) is 7.23. The summed E-state index contributed by atoms with van der Waals surface area (Å²) in [6.45, 7) is 0. The van der Waals surface area contributed by atoms with Gasteiger partial charge in [-0.2, -0.15) is 0 Å². The van der Waals surface area contributed by atoms with Gasteiger partial charge in [0.25, 0.3) is 5.69 Å². The predicted octanol–water partition coefficient (Wildman–Crippen LogP) is 4.26. The van der Waals surface area contributed by atoms with Crippen LogP contribution in [0.3, 0.4) is 0 Å². The van der Waals surface area contributed by atoms with Gasteiger partial charge in [-0.05, 0) is 36.4 Å². The van der Waals surface area contributed by atoms with E-state index in [-0.39, 0.29) is 17.3 Å². The molecule has 7 heteroatoms. The Kier molecular flexibility index (Phi) is 4.85. The minimum atomic E-state index is -0.567. The number of esters is 1.